The van der Waals surface area contributed by atoms with Crippen molar-refractivity contribution in [2.24, 2.45) is 0 Å². The topological polar surface area (TPSA) is 284 Å². The van der Waals surface area contributed by atoms with Crippen LogP contribution in [0.3, 0.4) is 0 Å². The molecule has 4 aromatic heterocycles. The molecule has 0 unspecified atom stereocenters. The van der Waals surface area contributed by atoms with E-state index in [0.29, 0.717) is 137 Å². The van der Waals surface area contributed by atoms with E-state index >= 15 is 0 Å². The summed E-state index contributed by atoms with van der Waals surface area (Å²) in [5.41, 5.74) is 37.1. The number of H-pyrrole nitrogens is 4. The second-order valence-electron chi connectivity index (χ2n) is 19.2. The second kappa shape index (κ2) is 14.4. The molecule has 0 aliphatic carbocycles. The van der Waals surface area contributed by atoms with Crippen molar-refractivity contribution in [2.45, 2.75) is 52.1 Å². The summed E-state index contributed by atoms with van der Waals surface area (Å²) in [6, 6.07) is 14.1. The summed E-state index contributed by atoms with van der Waals surface area (Å²) < 4.78 is 10.5. The maximum atomic E-state index is 14.5. The molecule has 0 atom stereocenters. The van der Waals surface area contributed by atoms with Gasteiger partial charge in [-0.3, -0.25) is 19.3 Å². The fraction of sp³-hybridized carbons (Fsp3) is 0.260. The molecule has 12 N–H and O–H groups in total. The van der Waals surface area contributed by atoms with Gasteiger partial charge in [0.05, 0.1) is 74.7 Å². The van der Waals surface area contributed by atoms with Crippen LogP contribution in [0.1, 0.15) is 85.0 Å². The van der Waals surface area contributed by atoms with E-state index in [9.17, 15) is 24.0 Å². The summed E-state index contributed by atoms with van der Waals surface area (Å²) >= 11 is 0. The van der Waals surface area contributed by atoms with Gasteiger partial charge >= 0.3 is 12.1 Å². The molecule has 69 heavy (non-hydrogen) atoms. The Kier molecular flexibility index (Phi) is 8.75. The van der Waals surface area contributed by atoms with E-state index < -0.39 is 17.7 Å². The maximum absolute atomic E-state index is 14.5. The van der Waals surface area contributed by atoms with Gasteiger partial charge in [0.2, 0.25) is 0 Å². The number of nitrogens with two attached hydrogens (primary N) is 4. The molecule has 4 aromatic carbocycles. The van der Waals surface area contributed by atoms with Crippen molar-refractivity contribution in [1.82, 2.24) is 19.9 Å². The van der Waals surface area contributed by atoms with Crippen molar-refractivity contribution in [3.05, 3.63) is 93.6 Å². The Morgan fingerprint density at radius 3 is 1.07 bits per heavy atom. The largest absolute Gasteiger partial charge is 0.464 e. The van der Waals surface area contributed by atoms with Crippen LogP contribution in [0.5, 0.6) is 0 Å². The minimum Gasteiger partial charge on any atom is -0.464 e. The Hall–Kier alpha value is -8.61. The van der Waals surface area contributed by atoms with Gasteiger partial charge in [-0.2, -0.15) is 0 Å². The lowest BCUT2D eigenvalue weighted by Crippen LogP contribution is -2.35. The highest BCUT2D eigenvalue weighted by atomic mass is 16.6. The highest BCUT2D eigenvalue weighted by Gasteiger charge is 2.36. The molecule has 0 fully saturated rings. The molecule has 12 rings (SSSR count). The molecule has 4 amide bonds. The Balaban J connectivity index is 0.813. The molecular formula is C50H48N12O7. The molecule has 0 spiro atoms. The fourth-order valence-electron chi connectivity index (χ4n) is 11.0. The number of methoxy groups -OCH3 is 1. The first-order valence-corrected chi connectivity index (χ1v) is 22.8. The standard InChI is InChI=1S/C50H48N12O7/c1-50(2,3)69-49(67)62-12-8-24-27-15-35(57-43(27)32(54)20-40(24)62)47(65)60-10-6-22-25-13-33(55-41(25)30(52)18-38(22)60)45(63)59-9-5-21-26-14-34(56-42(26)29(51)17-37(21)59)46(64)61-11-7-23-28-16-36(48(66)68-4)58-44(28)31(53)19-39(23)61/h13-20,55-58H,5-12,51-54H2,1-4H3. The van der Waals surface area contributed by atoms with Crippen LogP contribution >= 0.6 is 0 Å². The SMILES string of the molecule is COC(=O)c1cc2c3c(cc(N)c2[nH]1)N(C(=O)c1cc2c4c(cc(N)c2[nH]1)N(C(=O)c1cc2c5c(cc(N)c2[nH]1)N(C(=O)c1cc2c6c(cc(N)c2[nH]1)N(C(=O)OC(C)(C)C)CC6)CC5)CC4)CC3. The first kappa shape index (κ1) is 41.8. The number of carbonyl (C=O) groups is 5. The number of nitrogen functional groups attached to an aromatic ring is 4. The number of anilines is 8. The average molecular weight is 929 g/mol. The van der Waals surface area contributed by atoms with Gasteiger partial charge in [-0.1, -0.05) is 0 Å². The van der Waals surface area contributed by atoms with E-state index in [4.69, 9.17) is 32.4 Å². The van der Waals surface area contributed by atoms with Crippen LogP contribution in [0.15, 0.2) is 48.5 Å². The van der Waals surface area contributed by atoms with Crippen molar-refractivity contribution >= 4 is 119 Å². The number of ether oxygens (including phenoxy) is 2. The summed E-state index contributed by atoms with van der Waals surface area (Å²) in [5, 5.41) is 3.03. The lowest BCUT2D eigenvalue weighted by Gasteiger charge is -2.25. The van der Waals surface area contributed by atoms with Crippen molar-refractivity contribution in [3.63, 3.8) is 0 Å². The van der Waals surface area contributed by atoms with Gasteiger partial charge in [0.1, 0.15) is 28.4 Å². The maximum Gasteiger partial charge on any atom is 0.414 e. The Morgan fingerprint density at radius 2 is 0.754 bits per heavy atom. The lowest BCUT2D eigenvalue weighted by molar-refractivity contribution is 0.0578. The first-order valence-electron chi connectivity index (χ1n) is 22.8. The number of hydrogen-bond acceptors (Lipinski definition) is 11. The highest BCUT2D eigenvalue weighted by Crippen LogP contribution is 2.44. The number of hydrogen-bond donors (Lipinski definition) is 8. The number of amides is 4. The van der Waals surface area contributed by atoms with E-state index in [1.165, 1.54) is 7.11 Å². The number of aromatic nitrogens is 4. The third-order valence-electron chi connectivity index (χ3n) is 14.1. The Bertz CT molecular complexity index is 3660. The first-order chi connectivity index (χ1) is 33.0. The quantitative estimate of drug-likeness (QED) is 0.0684. The van der Waals surface area contributed by atoms with Crippen LogP contribution in [0.2, 0.25) is 0 Å². The number of esters is 1. The number of fused-ring (bicyclic) bond motifs is 12. The molecule has 0 radical (unpaired) electrons. The summed E-state index contributed by atoms with van der Waals surface area (Å²) in [4.78, 5) is 87.9. The van der Waals surface area contributed by atoms with E-state index in [2.05, 4.69) is 19.9 Å². The minimum absolute atomic E-state index is 0.262. The molecule has 4 aliphatic heterocycles. The van der Waals surface area contributed by atoms with Crippen molar-refractivity contribution in [2.75, 3.05) is 75.8 Å². The Labute approximate surface area is 392 Å². The zero-order valence-electron chi connectivity index (χ0n) is 38.2. The molecule has 350 valence electrons. The van der Waals surface area contributed by atoms with Crippen LogP contribution in [0.25, 0.3) is 43.6 Å². The zero-order valence-corrected chi connectivity index (χ0v) is 38.2. The van der Waals surface area contributed by atoms with Gasteiger partial charge in [0.25, 0.3) is 17.7 Å². The smallest absolute Gasteiger partial charge is 0.414 e. The molecule has 4 aliphatic rings. The lowest BCUT2D eigenvalue weighted by atomic mass is 10.1. The van der Waals surface area contributed by atoms with Crippen LogP contribution in [-0.2, 0) is 35.2 Å². The van der Waals surface area contributed by atoms with Crippen molar-refractivity contribution in [1.29, 1.82) is 0 Å². The average Bonchev–Trinajstić information content (AvgIpc) is 4.16. The molecule has 8 aromatic rings. The van der Waals surface area contributed by atoms with Gasteiger partial charge in [-0.05, 0) is 117 Å². The number of nitrogens with one attached hydrogen (secondary N) is 4. The van der Waals surface area contributed by atoms with Crippen LogP contribution < -0.4 is 42.5 Å². The normalized spacial score (nSPS) is 15.2. The van der Waals surface area contributed by atoms with Crippen molar-refractivity contribution in [3.8, 4) is 0 Å². The fourth-order valence-corrected chi connectivity index (χ4v) is 11.0. The van der Waals surface area contributed by atoms with Gasteiger partial charge in [-0.15, -0.1) is 0 Å². The number of carbonyl (C=O) groups excluding carboxylic acids is 5. The molecule has 0 bridgehead atoms. The summed E-state index contributed by atoms with van der Waals surface area (Å²) in [6.07, 6.45) is 1.75. The summed E-state index contributed by atoms with van der Waals surface area (Å²) in [7, 11) is 1.31. The molecule has 0 saturated heterocycles. The van der Waals surface area contributed by atoms with Gasteiger partial charge < -0.3 is 67.0 Å². The summed E-state index contributed by atoms with van der Waals surface area (Å²) in [5.74, 6) is -1.32. The van der Waals surface area contributed by atoms with Crippen LogP contribution in [0, 0.1) is 0 Å². The van der Waals surface area contributed by atoms with E-state index in [0.717, 1.165) is 43.8 Å². The number of nitrogens with zero attached hydrogens (tertiary/aromatic N) is 4. The molecule has 19 heteroatoms. The van der Waals surface area contributed by atoms with E-state index in [-0.39, 0.29) is 23.4 Å². The third-order valence-corrected chi connectivity index (χ3v) is 14.1. The van der Waals surface area contributed by atoms with Gasteiger partial charge in [-0.25, -0.2) is 9.59 Å². The molecule has 0 saturated carbocycles. The van der Waals surface area contributed by atoms with E-state index in [1.54, 1.807) is 68.1 Å². The van der Waals surface area contributed by atoms with Gasteiger partial charge in [0, 0.05) is 47.7 Å². The predicted molar refractivity (Wildman–Crippen MR) is 266 cm³/mol. The third kappa shape index (κ3) is 6.15. The van der Waals surface area contributed by atoms with Gasteiger partial charge in [0.15, 0.2) is 0 Å². The minimum atomic E-state index is -0.662. The monoisotopic (exact) mass is 928 g/mol. The molecular weight excluding hydrogens is 881 g/mol. The Morgan fingerprint density at radius 1 is 0.464 bits per heavy atom. The number of aromatic amines is 4. The highest BCUT2D eigenvalue weighted by molar-refractivity contribution is 6.17. The van der Waals surface area contributed by atoms with Crippen LogP contribution in [-0.4, -0.2) is 88.6 Å². The molecule has 8 heterocycles. The predicted octanol–water partition coefficient (Wildman–Crippen LogP) is 6.63. The second-order valence-corrected chi connectivity index (χ2v) is 19.2. The number of benzene rings is 4. The van der Waals surface area contributed by atoms with Crippen LogP contribution in [0.4, 0.5) is 50.3 Å². The van der Waals surface area contributed by atoms with Crippen molar-refractivity contribution < 1.29 is 33.4 Å². The summed E-state index contributed by atoms with van der Waals surface area (Å²) in [6.45, 7) is 7.06. The zero-order chi connectivity index (χ0) is 48.1. The molecule has 19 nitrogen and oxygen atoms in total. The number of rotatable bonds is 4. The van der Waals surface area contributed by atoms with E-state index in [1.807, 2.05) is 20.8 Å².